The quantitative estimate of drug-likeness (QED) is 0.404. The Morgan fingerprint density at radius 1 is 1.14 bits per heavy atom. The lowest BCUT2D eigenvalue weighted by molar-refractivity contribution is -0.125. The van der Waals surface area contributed by atoms with Crippen LogP contribution in [0.4, 0.5) is 11.8 Å². The predicted octanol–water partition coefficient (Wildman–Crippen LogP) is 4.19. The molecule has 1 aliphatic heterocycles. The van der Waals surface area contributed by atoms with Gasteiger partial charge in [-0.1, -0.05) is 23.7 Å². The van der Waals surface area contributed by atoms with Crippen LogP contribution in [0.5, 0.6) is 0 Å². The van der Waals surface area contributed by atoms with Crippen molar-refractivity contribution in [3.8, 4) is 6.07 Å². The Kier molecular flexibility index (Phi) is 7.68. The molecule has 1 aliphatic carbocycles. The van der Waals surface area contributed by atoms with Crippen LogP contribution in [0.1, 0.15) is 42.7 Å². The van der Waals surface area contributed by atoms with E-state index < -0.39 is 5.92 Å². The highest BCUT2D eigenvalue weighted by Crippen LogP contribution is 2.29. The van der Waals surface area contributed by atoms with Crippen LogP contribution in [0.2, 0.25) is 5.02 Å². The summed E-state index contributed by atoms with van der Waals surface area (Å²) >= 11 is 6.47. The number of hydrogen-bond acceptors (Lipinski definition) is 8. The molecule has 0 spiro atoms. The maximum Gasteiger partial charge on any atom is 0.242 e. The molecule has 192 valence electrons. The number of aromatic nitrogens is 3. The summed E-state index contributed by atoms with van der Waals surface area (Å²) in [5, 5.41) is 20.9. The van der Waals surface area contributed by atoms with Gasteiger partial charge in [-0.3, -0.25) is 4.79 Å². The number of rotatable bonds is 8. The van der Waals surface area contributed by atoms with Gasteiger partial charge < -0.3 is 20.7 Å². The lowest BCUT2D eigenvalue weighted by atomic mass is 9.86. The number of amides is 1. The Morgan fingerprint density at radius 3 is 2.54 bits per heavy atom. The van der Waals surface area contributed by atoms with E-state index in [9.17, 15) is 10.1 Å². The minimum atomic E-state index is -0.936. The lowest BCUT2D eigenvalue weighted by Crippen LogP contribution is -2.49. The zero-order chi connectivity index (χ0) is 25.8. The maximum atomic E-state index is 12.3. The number of hydrogen-bond donors (Lipinski definition) is 3. The van der Waals surface area contributed by atoms with E-state index in [2.05, 4.69) is 32.0 Å². The summed E-state index contributed by atoms with van der Waals surface area (Å²) in [4.78, 5) is 25.8. The van der Waals surface area contributed by atoms with Gasteiger partial charge in [0.15, 0.2) is 5.92 Å². The zero-order valence-corrected chi connectivity index (χ0v) is 21.5. The van der Waals surface area contributed by atoms with E-state index in [0.717, 1.165) is 54.5 Å². The van der Waals surface area contributed by atoms with Crippen LogP contribution < -0.4 is 16.0 Å². The number of nitrogens with one attached hydrogen (secondary N) is 3. The molecule has 1 aromatic carbocycles. The summed E-state index contributed by atoms with van der Waals surface area (Å²) in [7, 11) is 0. The number of benzene rings is 1. The Morgan fingerprint density at radius 2 is 1.86 bits per heavy atom. The number of pyridine rings is 1. The first-order valence-corrected chi connectivity index (χ1v) is 13.0. The van der Waals surface area contributed by atoms with Gasteiger partial charge in [0, 0.05) is 35.9 Å². The van der Waals surface area contributed by atoms with Gasteiger partial charge >= 0.3 is 0 Å². The summed E-state index contributed by atoms with van der Waals surface area (Å²) in [5.74, 6) is 0.601. The first-order valence-electron chi connectivity index (χ1n) is 12.7. The number of nitrogens with zero attached hydrogens (tertiary/aromatic N) is 4. The third-order valence-electron chi connectivity index (χ3n) is 7.12. The molecule has 1 saturated heterocycles. The number of carbonyl (C=O) groups excluding carboxylic acids is 1. The number of halogens is 1. The minimum Gasteiger partial charge on any atom is -0.377 e. The summed E-state index contributed by atoms with van der Waals surface area (Å²) < 4.78 is 5.06. The molecule has 3 N–H and O–H groups in total. The predicted molar refractivity (Wildman–Crippen MR) is 142 cm³/mol. The Bertz CT molecular complexity index is 1300. The zero-order valence-electron chi connectivity index (χ0n) is 20.7. The smallest absolute Gasteiger partial charge is 0.242 e. The van der Waals surface area contributed by atoms with Crippen molar-refractivity contribution < 1.29 is 9.53 Å². The van der Waals surface area contributed by atoms with E-state index in [-0.39, 0.29) is 11.9 Å². The SMILES string of the molecule is Cc1ccc2ccc(NC3CCC(CNc4ncc(C(C#N)C(=O)NC5COC5)cn4)CC3)nc2c1Cl. The van der Waals surface area contributed by atoms with E-state index in [1.807, 2.05) is 31.2 Å². The minimum absolute atomic E-state index is 0.0258. The fraction of sp³-hybridized carbons (Fsp3) is 0.444. The molecule has 2 aliphatic rings. The molecule has 0 radical (unpaired) electrons. The van der Waals surface area contributed by atoms with Crippen LogP contribution in [-0.4, -0.2) is 52.7 Å². The van der Waals surface area contributed by atoms with Gasteiger partial charge in [-0.2, -0.15) is 5.26 Å². The summed E-state index contributed by atoms with van der Waals surface area (Å²) in [6.07, 6.45) is 7.36. The van der Waals surface area contributed by atoms with E-state index in [1.165, 1.54) is 0 Å². The van der Waals surface area contributed by atoms with Crippen molar-refractivity contribution in [1.29, 1.82) is 5.26 Å². The van der Waals surface area contributed by atoms with Gasteiger partial charge in [-0.25, -0.2) is 15.0 Å². The molecule has 2 aromatic heterocycles. The molecular formula is C27H30ClN7O2. The number of aryl methyl sites for hydroxylation is 1. The highest BCUT2D eigenvalue weighted by atomic mass is 35.5. The van der Waals surface area contributed by atoms with Crippen LogP contribution in [0.3, 0.4) is 0 Å². The third kappa shape index (κ3) is 5.92. The van der Waals surface area contributed by atoms with Crippen LogP contribution >= 0.6 is 11.6 Å². The van der Waals surface area contributed by atoms with Crippen molar-refractivity contribution in [2.75, 3.05) is 30.4 Å². The average Bonchev–Trinajstić information content (AvgIpc) is 2.89. The molecule has 1 unspecified atom stereocenters. The number of ether oxygens (including phenoxy) is 1. The number of anilines is 2. The van der Waals surface area contributed by atoms with Gasteiger partial charge in [0.1, 0.15) is 5.82 Å². The monoisotopic (exact) mass is 519 g/mol. The van der Waals surface area contributed by atoms with Crippen LogP contribution in [-0.2, 0) is 9.53 Å². The molecule has 1 atom stereocenters. The molecular weight excluding hydrogens is 490 g/mol. The average molecular weight is 520 g/mol. The van der Waals surface area contributed by atoms with Crippen molar-refractivity contribution >= 4 is 40.2 Å². The molecule has 3 heterocycles. The Labute approximate surface area is 221 Å². The molecule has 1 saturated carbocycles. The fourth-order valence-electron chi connectivity index (χ4n) is 4.76. The highest BCUT2D eigenvalue weighted by molar-refractivity contribution is 6.35. The third-order valence-corrected chi connectivity index (χ3v) is 7.60. The van der Waals surface area contributed by atoms with Crippen molar-refractivity contribution in [3.05, 3.63) is 52.8 Å². The number of nitriles is 1. The van der Waals surface area contributed by atoms with E-state index >= 15 is 0 Å². The molecule has 9 nitrogen and oxygen atoms in total. The summed E-state index contributed by atoms with van der Waals surface area (Å²) in [6.45, 7) is 3.73. The highest BCUT2D eigenvalue weighted by Gasteiger charge is 2.27. The molecule has 3 aromatic rings. The second kappa shape index (κ2) is 11.3. The van der Waals surface area contributed by atoms with Crippen molar-refractivity contribution in [2.24, 2.45) is 5.92 Å². The molecule has 10 heteroatoms. The Balaban J connectivity index is 1.09. The van der Waals surface area contributed by atoms with Crippen LogP contribution in [0, 0.1) is 24.2 Å². The van der Waals surface area contributed by atoms with E-state index in [1.54, 1.807) is 12.4 Å². The largest absolute Gasteiger partial charge is 0.377 e. The molecule has 0 bridgehead atoms. The summed E-state index contributed by atoms with van der Waals surface area (Å²) in [5.41, 5.74) is 2.35. The van der Waals surface area contributed by atoms with Crippen LogP contribution in [0.25, 0.3) is 10.9 Å². The Hall–Kier alpha value is -3.48. The maximum absolute atomic E-state index is 12.3. The molecule has 1 amide bonds. The van der Waals surface area contributed by atoms with Gasteiger partial charge in [0.2, 0.25) is 11.9 Å². The standard InChI is InChI=1S/C27H30ClN7O2/c1-16-2-5-18-6-9-23(35-25(18)24(16)28)33-20-7-3-17(4-8-20)11-30-27-31-12-19(13-32-27)22(10-29)26(36)34-21-14-37-15-21/h2,5-6,9,12-13,17,20-22H,3-4,7-8,11,14-15H2,1H3,(H,33,35)(H,34,36)(H,30,31,32). The number of carbonyl (C=O) groups is 1. The topological polar surface area (TPSA) is 125 Å². The number of fused-ring (bicyclic) bond motifs is 1. The first kappa shape index (κ1) is 25.2. The van der Waals surface area contributed by atoms with Gasteiger partial charge in [-0.15, -0.1) is 0 Å². The summed E-state index contributed by atoms with van der Waals surface area (Å²) in [6, 6.07) is 10.5. The fourth-order valence-corrected chi connectivity index (χ4v) is 4.97. The van der Waals surface area contributed by atoms with Gasteiger partial charge in [-0.05, 0) is 56.2 Å². The van der Waals surface area contributed by atoms with Gasteiger partial charge in [0.05, 0.1) is 35.9 Å². The molecule has 2 fully saturated rings. The lowest BCUT2D eigenvalue weighted by Gasteiger charge is -2.29. The van der Waals surface area contributed by atoms with Crippen molar-refractivity contribution in [2.45, 2.75) is 50.6 Å². The molecule has 5 rings (SSSR count). The van der Waals surface area contributed by atoms with E-state index in [0.29, 0.717) is 41.7 Å². The van der Waals surface area contributed by atoms with Crippen molar-refractivity contribution in [1.82, 2.24) is 20.3 Å². The second-order valence-electron chi connectivity index (χ2n) is 9.85. The second-order valence-corrected chi connectivity index (χ2v) is 10.2. The first-order chi connectivity index (χ1) is 18.0. The molecule has 37 heavy (non-hydrogen) atoms. The van der Waals surface area contributed by atoms with Gasteiger partial charge in [0.25, 0.3) is 0 Å². The van der Waals surface area contributed by atoms with Crippen LogP contribution in [0.15, 0.2) is 36.7 Å². The van der Waals surface area contributed by atoms with E-state index in [4.69, 9.17) is 21.3 Å². The van der Waals surface area contributed by atoms with Crippen molar-refractivity contribution in [3.63, 3.8) is 0 Å². The normalized spacial score (nSPS) is 20.5.